The number of hydrogen-bond acceptors (Lipinski definition) is 5. The lowest BCUT2D eigenvalue weighted by Gasteiger charge is -2.05. The number of aromatic carboxylic acids is 1. The van der Waals surface area contributed by atoms with E-state index in [1.807, 2.05) is 12.4 Å². The van der Waals surface area contributed by atoms with Gasteiger partial charge in [-0.25, -0.2) is 9.78 Å². The van der Waals surface area contributed by atoms with Crippen LogP contribution >= 0.6 is 11.3 Å². The van der Waals surface area contributed by atoms with Gasteiger partial charge in [-0.3, -0.25) is 4.68 Å². The highest BCUT2D eigenvalue weighted by Gasteiger charge is 2.14. The molecule has 2 aromatic rings. The molecule has 2 aromatic heterocycles. The number of nitrogens with zero attached hydrogens (tertiary/aromatic N) is 3. The van der Waals surface area contributed by atoms with Crippen molar-refractivity contribution in [1.29, 1.82) is 0 Å². The Hall–Kier alpha value is -1.73. The molecule has 7 heteroatoms. The monoisotopic (exact) mass is 281 g/mol. The highest BCUT2D eigenvalue weighted by atomic mass is 32.1. The predicted molar refractivity (Wildman–Crippen MR) is 70.4 cm³/mol. The van der Waals surface area contributed by atoms with Crippen LogP contribution in [0.3, 0.4) is 0 Å². The number of thiazole rings is 1. The van der Waals surface area contributed by atoms with Crippen molar-refractivity contribution in [2.75, 3.05) is 6.61 Å². The molecule has 0 aromatic carbocycles. The first-order valence-corrected chi connectivity index (χ1v) is 6.68. The van der Waals surface area contributed by atoms with E-state index in [2.05, 4.69) is 10.1 Å². The van der Waals surface area contributed by atoms with E-state index in [4.69, 9.17) is 9.84 Å². The summed E-state index contributed by atoms with van der Waals surface area (Å²) in [7, 11) is 1.71. The van der Waals surface area contributed by atoms with Gasteiger partial charge in [0.1, 0.15) is 5.56 Å². The number of rotatable bonds is 6. The normalized spacial score (nSPS) is 10.8. The van der Waals surface area contributed by atoms with Crippen molar-refractivity contribution in [1.82, 2.24) is 14.8 Å². The largest absolute Gasteiger partial charge is 0.478 e. The van der Waals surface area contributed by atoms with Crippen LogP contribution < -0.4 is 0 Å². The Bertz CT molecular complexity index is 577. The summed E-state index contributed by atoms with van der Waals surface area (Å²) >= 11 is 1.61. The number of aromatic nitrogens is 3. The molecule has 0 saturated carbocycles. The molecule has 2 heterocycles. The Morgan fingerprint density at radius 1 is 1.58 bits per heavy atom. The summed E-state index contributed by atoms with van der Waals surface area (Å²) in [6.07, 6.45) is 2.13. The van der Waals surface area contributed by atoms with E-state index in [1.165, 1.54) is 15.8 Å². The minimum atomic E-state index is -0.981. The van der Waals surface area contributed by atoms with Gasteiger partial charge in [0.25, 0.3) is 0 Å². The molecule has 0 aliphatic carbocycles. The van der Waals surface area contributed by atoms with E-state index >= 15 is 0 Å². The zero-order valence-electron chi connectivity index (χ0n) is 10.8. The maximum Gasteiger partial charge on any atom is 0.339 e. The Balaban J connectivity index is 1.88. The Morgan fingerprint density at radius 2 is 2.37 bits per heavy atom. The molecule has 0 aliphatic heterocycles. The summed E-state index contributed by atoms with van der Waals surface area (Å²) in [4.78, 5) is 16.3. The SMILES string of the molecule is Cc1ncsc1CCOCc1c(C(=O)O)cnn1C. The summed E-state index contributed by atoms with van der Waals surface area (Å²) in [6.45, 7) is 2.75. The third kappa shape index (κ3) is 3.18. The van der Waals surface area contributed by atoms with Crippen molar-refractivity contribution in [2.45, 2.75) is 20.0 Å². The molecule has 0 atom stereocenters. The van der Waals surface area contributed by atoms with E-state index in [0.717, 1.165) is 12.1 Å². The third-order valence-electron chi connectivity index (χ3n) is 2.85. The van der Waals surface area contributed by atoms with Gasteiger partial charge in [0.2, 0.25) is 0 Å². The van der Waals surface area contributed by atoms with Crippen LogP contribution in [0.15, 0.2) is 11.7 Å². The van der Waals surface area contributed by atoms with Crippen molar-refractivity contribution < 1.29 is 14.6 Å². The molecule has 0 spiro atoms. The molecule has 0 bridgehead atoms. The maximum absolute atomic E-state index is 11.0. The van der Waals surface area contributed by atoms with E-state index in [0.29, 0.717) is 12.3 Å². The number of carboxylic acid groups (broad SMARTS) is 1. The van der Waals surface area contributed by atoms with E-state index in [1.54, 1.807) is 18.4 Å². The third-order valence-corrected chi connectivity index (χ3v) is 3.84. The Labute approximate surface area is 114 Å². The van der Waals surface area contributed by atoms with Crippen LogP contribution in [-0.2, 0) is 24.8 Å². The summed E-state index contributed by atoms with van der Waals surface area (Å²) in [5, 5.41) is 12.9. The van der Waals surface area contributed by atoms with Crippen molar-refractivity contribution in [3.05, 3.63) is 33.5 Å². The number of hydrogen-bond donors (Lipinski definition) is 1. The van der Waals surface area contributed by atoms with Crippen LogP contribution in [0.1, 0.15) is 26.6 Å². The molecule has 1 N–H and O–H groups in total. The van der Waals surface area contributed by atoms with Crippen LogP contribution in [0, 0.1) is 6.92 Å². The van der Waals surface area contributed by atoms with Crippen LogP contribution in [0.2, 0.25) is 0 Å². The fraction of sp³-hybridized carbons (Fsp3) is 0.417. The zero-order chi connectivity index (χ0) is 13.8. The molecule has 6 nitrogen and oxygen atoms in total. The fourth-order valence-corrected chi connectivity index (χ4v) is 2.48. The lowest BCUT2D eigenvalue weighted by molar-refractivity contribution is 0.0686. The summed E-state index contributed by atoms with van der Waals surface area (Å²) < 4.78 is 7.06. The van der Waals surface area contributed by atoms with Crippen molar-refractivity contribution in [3.63, 3.8) is 0 Å². The maximum atomic E-state index is 11.0. The van der Waals surface area contributed by atoms with Gasteiger partial charge in [-0.2, -0.15) is 5.10 Å². The Morgan fingerprint density at radius 3 is 3.00 bits per heavy atom. The zero-order valence-corrected chi connectivity index (χ0v) is 11.6. The second-order valence-electron chi connectivity index (χ2n) is 4.10. The molecular formula is C12H15N3O3S. The van der Waals surface area contributed by atoms with Gasteiger partial charge in [-0.05, 0) is 6.92 Å². The van der Waals surface area contributed by atoms with Crippen LogP contribution in [0.5, 0.6) is 0 Å². The molecule has 0 radical (unpaired) electrons. The van der Waals surface area contributed by atoms with Crippen LogP contribution in [0.4, 0.5) is 0 Å². The van der Waals surface area contributed by atoms with Gasteiger partial charge in [0.05, 0.1) is 36.3 Å². The average Bonchev–Trinajstić information content (AvgIpc) is 2.92. The van der Waals surface area contributed by atoms with Crippen LogP contribution in [0.25, 0.3) is 0 Å². The van der Waals surface area contributed by atoms with Crippen molar-refractivity contribution in [2.24, 2.45) is 7.05 Å². The van der Waals surface area contributed by atoms with Crippen molar-refractivity contribution >= 4 is 17.3 Å². The minimum absolute atomic E-state index is 0.191. The number of carboxylic acids is 1. The summed E-state index contributed by atoms with van der Waals surface area (Å²) in [5.74, 6) is -0.981. The smallest absolute Gasteiger partial charge is 0.339 e. The van der Waals surface area contributed by atoms with E-state index in [-0.39, 0.29) is 12.2 Å². The predicted octanol–water partition coefficient (Wildman–Crippen LogP) is 1.64. The van der Waals surface area contributed by atoms with Crippen LogP contribution in [-0.4, -0.2) is 32.4 Å². The molecular weight excluding hydrogens is 266 g/mol. The number of aryl methyl sites for hydroxylation is 2. The van der Waals surface area contributed by atoms with Gasteiger partial charge < -0.3 is 9.84 Å². The van der Waals surface area contributed by atoms with Gasteiger partial charge in [0, 0.05) is 18.3 Å². The first kappa shape index (κ1) is 13.7. The molecule has 102 valence electrons. The summed E-state index contributed by atoms with van der Waals surface area (Å²) in [6, 6.07) is 0. The fourth-order valence-electron chi connectivity index (χ4n) is 1.71. The molecule has 0 unspecified atom stereocenters. The van der Waals surface area contributed by atoms with Gasteiger partial charge in [0.15, 0.2) is 0 Å². The van der Waals surface area contributed by atoms with Gasteiger partial charge >= 0.3 is 5.97 Å². The highest BCUT2D eigenvalue weighted by Crippen LogP contribution is 2.14. The molecule has 0 fully saturated rings. The molecule has 0 amide bonds. The lowest BCUT2D eigenvalue weighted by Crippen LogP contribution is -2.08. The second kappa shape index (κ2) is 5.94. The lowest BCUT2D eigenvalue weighted by atomic mass is 10.2. The minimum Gasteiger partial charge on any atom is -0.478 e. The van der Waals surface area contributed by atoms with Gasteiger partial charge in [-0.1, -0.05) is 0 Å². The summed E-state index contributed by atoms with van der Waals surface area (Å²) in [5.41, 5.74) is 3.61. The first-order valence-electron chi connectivity index (χ1n) is 5.80. The van der Waals surface area contributed by atoms with Gasteiger partial charge in [-0.15, -0.1) is 11.3 Å². The quantitative estimate of drug-likeness (QED) is 0.814. The molecule has 19 heavy (non-hydrogen) atoms. The number of ether oxygens (including phenoxy) is 1. The topological polar surface area (TPSA) is 77.2 Å². The molecule has 0 saturated heterocycles. The molecule has 0 aliphatic rings. The molecule has 2 rings (SSSR count). The van der Waals surface area contributed by atoms with E-state index in [9.17, 15) is 4.79 Å². The Kier molecular flexibility index (Phi) is 4.28. The average molecular weight is 281 g/mol. The standard InChI is InChI=1S/C12H15N3O3S/c1-8-11(19-7-13-8)3-4-18-6-10-9(12(16)17)5-14-15(10)2/h5,7H,3-4,6H2,1-2H3,(H,16,17). The first-order chi connectivity index (χ1) is 9.09. The highest BCUT2D eigenvalue weighted by molar-refractivity contribution is 7.09. The van der Waals surface area contributed by atoms with Crippen molar-refractivity contribution in [3.8, 4) is 0 Å². The second-order valence-corrected chi connectivity index (χ2v) is 5.04. The van der Waals surface area contributed by atoms with E-state index < -0.39 is 5.97 Å². The number of carbonyl (C=O) groups is 1.